The molecule has 1 aliphatic carbocycles. The molecule has 0 bridgehead atoms. The Morgan fingerprint density at radius 2 is 1.59 bits per heavy atom. The van der Waals surface area contributed by atoms with Gasteiger partial charge in [0, 0.05) is 11.1 Å². The lowest BCUT2D eigenvalue weighted by Crippen LogP contribution is -2.34. The van der Waals surface area contributed by atoms with Crippen LogP contribution in [0.5, 0.6) is 5.75 Å². The van der Waals surface area contributed by atoms with Gasteiger partial charge in [0.1, 0.15) is 11.5 Å². The first kappa shape index (κ1) is 20.8. The van der Waals surface area contributed by atoms with Crippen LogP contribution >= 0.6 is 0 Å². The normalized spacial score (nSPS) is 14.8. The molecular weight excluding hydrogens is 366 g/mol. The van der Waals surface area contributed by atoms with Crippen molar-refractivity contribution in [2.45, 2.75) is 45.1 Å². The number of hydrogen-bond acceptors (Lipinski definition) is 5. The Kier molecular flexibility index (Phi) is 6.83. The first-order valence-corrected chi connectivity index (χ1v) is 10.2. The van der Waals surface area contributed by atoms with E-state index in [1.807, 2.05) is 0 Å². The van der Waals surface area contributed by atoms with Gasteiger partial charge in [-0.05, 0) is 30.7 Å². The molecule has 0 spiro atoms. The van der Waals surface area contributed by atoms with E-state index in [0.717, 1.165) is 25.7 Å². The molecule has 152 valence electrons. The van der Waals surface area contributed by atoms with Crippen LogP contribution in [-0.4, -0.2) is 28.3 Å². The molecule has 0 radical (unpaired) electrons. The Balaban J connectivity index is 1.95. The summed E-state index contributed by atoms with van der Waals surface area (Å²) in [5.74, 6) is -1.46. The second-order valence-corrected chi connectivity index (χ2v) is 7.36. The molecule has 0 amide bonds. The zero-order valence-electron chi connectivity index (χ0n) is 16.6. The minimum Gasteiger partial charge on any atom is -0.508 e. The fraction of sp³-hybridized carbons (Fsp3) is 0.333. The molecule has 0 aromatic heterocycles. The van der Waals surface area contributed by atoms with E-state index in [2.05, 4.69) is 12.2 Å². The van der Waals surface area contributed by atoms with E-state index in [9.17, 15) is 19.8 Å². The number of nitrogens with one attached hydrogen (secondary N) is 1. The molecule has 1 unspecified atom stereocenters. The second-order valence-electron chi connectivity index (χ2n) is 7.36. The minimum atomic E-state index is -0.715. The fourth-order valence-electron chi connectivity index (χ4n) is 3.72. The Morgan fingerprint density at radius 1 is 0.862 bits per heavy atom. The summed E-state index contributed by atoms with van der Waals surface area (Å²) >= 11 is 0. The molecule has 3 rings (SSSR count). The van der Waals surface area contributed by atoms with Gasteiger partial charge in [-0.25, -0.2) is 0 Å². The number of carbonyl (C=O) groups is 2. The van der Waals surface area contributed by atoms with Crippen molar-refractivity contribution in [3.63, 3.8) is 0 Å². The highest BCUT2D eigenvalue weighted by atomic mass is 16.3. The first-order chi connectivity index (χ1) is 14.0. The molecule has 29 heavy (non-hydrogen) atoms. The number of unbranched alkanes of at least 4 members (excludes halogenated alkanes) is 4. The number of ketones is 2. The maximum Gasteiger partial charge on any atom is 0.235 e. The van der Waals surface area contributed by atoms with Crippen molar-refractivity contribution in [1.29, 1.82) is 0 Å². The lowest BCUT2D eigenvalue weighted by Gasteiger charge is -2.26. The monoisotopic (exact) mass is 393 g/mol. The third-order valence-corrected chi connectivity index (χ3v) is 5.25. The fourth-order valence-corrected chi connectivity index (χ4v) is 3.72. The maximum absolute atomic E-state index is 12.9. The van der Waals surface area contributed by atoms with E-state index in [1.165, 1.54) is 6.42 Å². The molecule has 0 heterocycles. The van der Waals surface area contributed by atoms with E-state index < -0.39 is 17.6 Å². The number of aliphatic hydroxyl groups is 1. The van der Waals surface area contributed by atoms with Gasteiger partial charge in [0.15, 0.2) is 0 Å². The molecule has 2 aromatic carbocycles. The minimum absolute atomic E-state index is 0.0351. The predicted molar refractivity (Wildman–Crippen MR) is 113 cm³/mol. The SMILES string of the molecule is CCCCCCCNC(C1=C(O)c2ccccc2C(=O)C1=O)c1cccc(O)c1. The van der Waals surface area contributed by atoms with E-state index in [-0.39, 0.29) is 22.6 Å². The molecule has 1 aliphatic rings. The number of Topliss-reactive ketones (excluding diaryl/α,β-unsaturated/α-hetero) is 2. The molecule has 0 aliphatic heterocycles. The molecule has 3 N–H and O–H groups in total. The van der Waals surface area contributed by atoms with Crippen LogP contribution in [0.4, 0.5) is 0 Å². The number of aliphatic hydroxyl groups excluding tert-OH is 1. The van der Waals surface area contributed by atoms with E-state index >= 15 is 0 Å². The number of phenols is 1. The Hall–Kier alpha value is -2.92. The molecule has 0 saturated heterocycles. The molecule has 5 nitrogen and oxygen atoms in total. The number of aromatic hydroxyl groups is 1. The number of fused-ring (bicyclic) bond motifs is 1. The molecule has 1 atom stereocenters. The van der Waals surface area contributed by atoms with Crippen LogP contribution in [0.1, 0.15) is 66.6 Å². The van der Waals surface area contributed by atoms with Gasteiger partial charge >= 0.3 is 0 Å². The zero-order valence-corrected chi connectivity index (χ0v) is 16.6. The highest BCUT2D eigenvalue weighted by Gasteiger charge is 2.37. The maximum atomic E-state index is 12.9. The third-order valence-electron chi connectivity index (χ3n) is 5.25. The predicted octanol–water partition coefficient (Wildman–Crippen LogP) is 4.73. The number of hydrogen-bond donors (Lipinski definition) is 3. The van der Waals surface area contributed by atoms with Gasteiger partial charge in [-0.2, -0.15) is 0 Å². The molecular formula is C24H27NO4. The Bertz CT molecular complexity index is 932. The number of rotatable bonds is 9. The van der Waals surface area contributed by atoms with Crippen molar-refractivity contribution in [3.05, 3.63) is 70.8 Å². The zero-order chi connectivity index (χ0) is 20.8. The van der Waals surface area contributed by atoms with Gasteiger partial charge < -0.3 is 15.5 Å². The van der Waals surface area contributed by atoms with Gasteiger partial charge in [0.05, 0.1) is 11.6 Å². The standard InChI is InChI=1S/C24H27NO4/c1-2-3-4-5-8-14-25-21(16-10-9-11-17(26)15-16)20-22(27)18-12-6-7-13-19(18)23(28)24(20)29/h6-7,9-13,15,21,25-27H,2-5,8,14H2,1H3. The smallest absolute Gasteiger partial charge is 0.235 e. The van der Waals surface area contributed by atoms with Crippen LogP contribution in [0.25, 0.3) is 5.76 Å². The van der Waals surface area contributed by atoms with Gasteiger partial charge in [-0.15, -0.1) is 0 Å². The average molecular weight is 393 g/mol. The van der Waals surface area contributed by atoms with Crippen LogP contribution in [0.2, 0.25) is 0 Å². The summed E-state index contributed by atoms with van der Waals surface area (Å²) in [6.07, 6.45) is 5.48. The van der Waals surface area contributed by atoms with Crippen molar-refractivity contribution < 1.29 is 19.8 Å². The van der Waals surface area contributed by atoms with Gasteiger partial charge in [-0.1, -0.05) is 69.0 Å². The van der Waals surface area contributed by atoms with E-state index in [1.54, 1.807) is 48.5 Å². The van der Waals surface area contributed by atoms with Crippen LogP contribution in [0.3, 0.4) is 0 Å². The molecule has 2 aromatic rings. The van der Waals surface area contributed by atoms with Crippen LogP contribution in [0.15, 0.2) is 54.1 Å². The quantitative estimate of drug-likeness (QED) is 0.424. The Morgan fingerprint density at radius 3 is 2.31 bits per heavy atom. The molecule has 5 heteroatoms. The molecule has 0 fully saturated rings. The summed E-state index contributed by atoms with van der Waals surface area (Å²) in [7, 11) is 0. The summed E-state index contributed by atoms with van der Waals surface area (Å²) in [4.78, 5) is 25.6. The topological polar surface area (TPSA) is 86.6 Å². The number of carbonyl (C=O) groups excluding carboxylic acids is 2. The van der Waals surface area contributed by atoms with Crippen LogP contribution in [-0.2, 0) is 4.79 Å². The summed E-state index contributed by atoms with van der Waals surface area (Å²) in [6.45, 7) is 2.79. The summed E-state index contributed by atoms with van der Waals surface area (Å²) in [5.41, 5.74) is 1.24. The Labute approximate surface area is 171 Å². The second kappa shape index (κ2) is 9.52. The summed E-state index contributed by atoms with van der Waals surface area (Å²) < 4.78 is 0. The number of phenolic OH excluding ortho intramolecular Hbond substituents is 1. The number of benzene rings is 2. The van der Waals surface area contributed by atoms with Crippen molar-refractivity contribution in [2.75, 3.05) is 6.54 Å². The highest BCUT2D eigenvalue weighted by Crippen LogP contribution is 2.35. The summed E-state index contributed by atoms with van der Waals surface area (Å²) in [5, 5.41) is 24.1. The van der Waals surface area contributed by atoms with E-state index in [4.69, 9.17) is 0 Å². The lowest BCUT2D eigenvalue weighted by atomic mass is 9.83. The highest BCUT2D eigenvalue weighted by molar-refractivity contribution is 6.52. The first-order valence-electron chi connectivity index (χ1n) is 10.2. The summed E-state index contributed by atoms with van der Waals surface area (Å²) in [6, 6.07) is 12.4. The van der Waals surface area contributed by atoms with Crippen LogP contribution < -0.4 is 5.32 Å². The van der Waals surface area contributed by atoms with Gasteiger partial charge in [0.25, 0.3) is 0 Å². The van der Waals surface area contributed by atoms with Crippen molar-refractivity contribution in [2.24, 2.45) is 0 Å². The van der Waals surface area contributed by atoms with Crippen molar-refractivity contribution in [1.82, 2.24) is 5.32 Å². The average Bonchev–Trinajstić information content (AvgIpc) is 2.73. The largest absolute Gasteiger partial charge is 0.508 e. The van der Waals surface area contributed by atoms with Crippen molar-refractivity contribution in [3.8, 4) is 5.75 Å². The lowest BCUT2D eigenvalue weighted by molar-refractivity contribution is -0.112. The van der Waals surface area contributed by atoms with Gasteiger partial charge in [0.2, 0.25) is 11.6 Å². The molecule has 0 saturated carbocycles. The van der Waals surface area contributed by atoms with Crippen LogP contribution in [0, 0.1) is 0 Å². The van der Waals surface area contributed by atoms with Crippen molar-refractivity contribution >= 4 is 17.3 Å². The third kappa shape index (κ3) is 4.57. The van der Waals surface area contributed by atoms with Gasteiger partial charge in [-0.3, -0.25) is 9.59 Å². The van der Waals surface area contributed by atoms with E-state index in [0.29, 0.717) is 17.7 Å².